The SMILES string of the molecule is C.C.C.C.C.C.C.C.C.COCOC(=O)CC(=O)NCNC(=O)CC(C)=O. The van der Waals surface area contributed by atoms with Gasteiger partial charge in [0, 0.05) is 7.11 Å². The highest BCUT2D eigenvalue weighted by atomic mass is 16.7. The molecule has 0 saturated heterocycles. The molecule has 0 aromatic rings. The molecule has 27 heavy (non-hydrogen) atoms. The number of amides is 2. The molecule has 0 atom stereocenters. The van der Waals surface area contributed by atoms with Gasteiger partial charge in [0.15, 0.2) is 6.79 Å². The molecule has 0 fully saturated rings. The lowest BCUT2D eigenvalue weighted by molar-refractivity contribution is -0.155. The Bertz CT molecular complexity index is 334. The molecule has 0 saturated carbocycles. The van der Waals surface area contributed by atoms with Crippen molar-refractivity contribution in [2.75, 3.05) is 20.6 Å². The number of carbonyl (C=O) groups excluding carboxylic acids is 4. The lowest BCUT2D eigenvalue weighted by Gasteiger charge is -2.06. The first kappa shape index (κ1) is 64.0. The van der Waals surface area contributed by atoms with Gasteiger partial charge in [-0.05, 0) is 6.92 Å². The molecule has 2 amide bonds. The van der Waals surface area contributed by atoms with Gasteiger partial charge < -0.3 is 20.1 Å². The molecule has 0 aliphatic carbocycles. The summed E-state index contributed by atoms with van der Waals surface area (Å²) in [6.07, 6.45) is -0.711. The van der Waals surface area contributed by atoms with Gasteiger partial charge in [0.1, 0.15) is 12.2 Å². The van der Waals surface area contributed by atoms with Crippen LogP contribution in [0, 0.1) is 0 Å². The van der Waals surface area contributed by atoms with Crippen molar-refractivity contribution in [3.63, 3.8) is 0 Å². The highest BCUT2D eigenvalue weighted by molar-refractivity contribution is 5.97. The fourth-order valence-corrected chi connectivity index (χ4v) is 0.899. The minimum atomic E-state index is -0.732. The second-order valence-electron chi connectivity index (χ2n) is 3.36. The van der Waals surface area contributed by atoms with Crippen molar-refractivity contribution < 1.29 is 28.7 Å². The number of Topliss-reactive ketones (excluding diaryl/α,β-unsaturated/α-hetero) is 1. The molecule has 0 unspecified atom stereocenters. The molecule has 174 valence electrons. The summed E-state index contributed by atoms with van der Waals surface area (Å²) in [7, 11) is 1.35. The van der Waals surface area contributed by atoms with Gasteiger partial charge in [-0.1, -0.05) is 66.8 Å². The normalized spacial score (nSPS) is 6.30. The van der Waals surface area contributed by atoms with E-state index >= 15 is 0 Å². The van der Waals surface area contributed by atoms with Gasteiger partial charge in [-0.15, -0.1) is 0 Å². The van der Waals surface area contributed by atoms with Gasteiger partial charge in [-0.3, -0.25) is 19.2 Å². The fraction of sp³-hybridized carbons (Fsp3) is 0.789. The number of esters is 1. The van der Waals surface area contributed by atoms with Crippen LogP contribution in [0.5, 0.6) is 0 Å². The summed E-state index contributed by atoms with van der Waals surface area (Å²) in [5, 5.41) is 4.56. The molecule has 0 bridgehead atoms. The number of carbonyl (C=O) groups is 4. The molecule has 0 spiro atoms. The summed E-state index contributed by atoms with van der Waals surface area (Å²) in [5.41, 5.74) is 0. The largest absolute Gasteiger partial charge is 0.438 e. The van der Waals surface area contributed by atoms with Crippen LogP contribution in [0.15, 0.2) is 0 Å². The Labute approximate surface area is 170 Å². The summed E-state index contributed by atoms with van der Waals surface area (Å²) < 4.78 is 8.97. The van der Waals surface area contributed by atoms with Gasteiger partial charge in [0.2, 0.25) is 11.8 Å². The molecule has 8 heteroatoms. The number of hydrogen-bond donors (Lipinski definition) is 2. The Hall–Kier alpha value is -1.96. The lowest BCUT2D eigenvalue weighted by atomic mass is 10.3. The average Bonchev–Trinajstić information content (AvgIpc) is 2.25. The van der Waals surface area contributed by atoms with E-state index in [2.05, 4.69) is 20.1 Å². The maximum atomic E-state index is 11.1. The van der Waals surface area contributed by atoms with Gasteiger partial charge in [-0.2, -0.15) is 0 Å². The number of hydrogen-bond acceptors (Lipinski definition) is 6. The third kappa shape index (κ3) is 45.4. The average molecular weight is 405 g/mol. The Balaban J connectivity index is -0.0000000401. The molecule has 0 heterocycles. The van der Waals surface area contributed by atoms with E-state index in [-0.39, 0.29) is 92.5 Å². The lowest BCUT2D eigenvalue weighted by Crippen LogP contribution is -2.38. The zero-order valence-electron chi connectivity index (χ0n) is 10.3. The van der Waals surface area contributed by atoms with E-state index in [1.54, 1.807) is 0 Å². The van der Waals surface area contributed by atoms with Gasteiger partial charge in [-0.25, -0.2) is 0 Å². The van der Waals surface area contributed by atoms with E-state index in [0.29, 0.717) is 0 Å². The van der Waals surface area contributed by atoms with Crippen molar-refractivity contribution in [2.24, 2.45) is 0 Å². The van der Waals surface area contributed by atoms with E-state index in [9.17, 15) is 19.2 Å². The molecule has 0 aliphatic rings. The Morgan fingerprint density at radius 2 is 1.07 bits per heavy atom. The van der Waals surface area contributed by atoms with Crippen LogP contribution >= 0.6 is 0 Å². The molecule has 0 rings (SSSR count). The zero-order valence-corrected chi connectivity index (χ0v) is 10.3. The van der Waals surface area contributed by atoms with Crippen molar-refractivity contribution in [1.82, 2.24) is 10.6 Å². The molecule has 0 radical (unpaired) electrons. The molecule has 8 nitrogen and oxygen atoms in total. The van der Waals surface area contributed by atoms with Crippen LogP contribution < -0.4 is 10.6 Å². The molecular formula is C19H52N2O6. The van der Waals surface area contributed by atoms with Gasteiger partial charge in [0.05, 0.1) is 13.1 Å². The standard InChI is InChI=1S/C10H16N2O6.9CH4/c1-7(13)3-8(14)11-5-12-9(15)4-10(16)18-6-17-2;;;;;;;;;/h3-6H2,1-2H3,(H,11,14)(H,12,15);9*1H4. The van der Waals surface area contributed by atoms with Crippen LogP contribution in [0.25, 0.3) is 0 Å². The molecular weight excluding hydrogens is 352 g/mol. The molecule has 0 aromatic carbocycles. The Morgan fingerprint density at radius 3 is 1.41 bits per heavy atom. The first-order valence-corrected chi connectivity index (χ1v) is 5.13. The van der Waals surface area contributed by atoms with E-state index in [4.69, 9.17) is 0 Å². The number of nitrogens with one attached hydrogen (secondary N) is 2. The highest BCUT2D eigenvalue weighted by Gasteiger charge is 2.10. The summed E-state index contributed by atoms with van der Waals surface area (Å²) in [5.74, 6) is -2.10. The second-order valence-corrected chi connectivity index (χ2v) is 3.36. The van der Waals surface area contributed by atoms with Crippen molar-refractivity contribution >= 4 is 23.6 Å². The van der Waals surface area contributed by atoms with Crippen LogP contribution in [0.4, 0.5) is 0 Å². The third-order valence-corrected chi connectivity index (χ3v) is 1.62. The number of ether oxygens (including phenoxy) is 2. The second kappa shape index (κ2) is 39.2. The van der Waals surface area contributed by atoms with Crippen molar-refractivity contribution in [2.45, 2.75) is 86.6 Å². The monoisotopic (exact) mass is 404 g/mol. The predicted octanol–water partition coefficient (Wildman–Crippen LogP) is 4.42. The minimum Gasteiger partial charge on any atom is -0.438 e. The first-order chi connectivity index (χ1) is 8.45. The third-order valence-electron chi connectivity index (χ3n) is 1.62. The maximum Gasteiger partial charge on any atom is 0.317 e. The van der Waals surface area contributed by atoms with Gasteiger partial charge >= 0.3 is 5.97 Å². The van der Waals surface area contributed by atoms with E-state index in [1.807, 2.05) is 0 Å². The van der Waals surface area contributed by atoms with Crippen LogP contribution in [0.2, 0.25) is 0 Å². The van der Waals surface area contributed by atoms with Gasteiger partial charge in [0.25, 0.3) is 0 Å². The summed E-state index contributed by atoms with van der Waals surface area (Å²) in [4.78, 5) is 43.7. The van der Waals surface area contributed by atoms with Crippen molar-refractivity contribution in [3.8, 4) is 0 Å². The number of methoxy groups -OCH3 is 1. The number of rotatable bonds is 8. The predicted molar refractivity (Wildman–Crippen MR) is 120 cm³/mol. The molecule has 0 aliphatic heterocycles. The molecule has 2 N–H and O–H groups in total. The van der Waals surface area contributed by atoms with E-state index in [0.717, 1.165) is 0 Å². The fourth-order valence-electron chi connectivity index (χ4n) is 0.899. The Kier molecular flexibility index (Phi) is 92.9. The highest BCUT2D eigenvalue weighted by Crippen LogP contribution is 1.86. The quantitative estimate of drug-likeness (QED) is 0.352. The zero-order chi connectivity index (χ0) is 14.0. The number of ketones is 1. The smallest absolute Gasteiger partial charge is 0.317 e. The summed E-state index contributed by atoms with van der Waals surface area (Å²) >= 11 is 0. The molecule has 0 aromatic heterocycles. The van der Waals surface area contributed by atoms with Crippen LogP contribution in [-0.2, 0) is 28.7 Å². The van der Waals surface area contributed by atoms with Crippen LogP contribution in [0.1, 0.15) is 86.6 Å². The van der Waals surface area contributed by atoms with E-state index < -0.39 is 24.2 Å². The van der Waals surface area contributed by atoms with Crippen LogP contribution in [0.3, 0.4) is 0 Å². The van der Waals surface area contributed by atoms with Crippen molar-refractivity contribution in [3.05, 3.63) is 0 Å². The van der Waals surface area contributed by atoms with Crippen molar-refractivity contribution in [1.29, 1.82) is 0 Å². The topological polar surface area (TPSA) is 111 Å². The van der Waals surface area contributed by atoms with E-state index in [1.165, 1.54) is 14.0 Å². The maximum absolute atomic E-state index is 11.1. The first-order valence-electron chi connectivity index (χ1n) is 5.13. The Morgan fingerprint density at radius 1 is 0.704 bits per heavy atom. The summed E-state index contributed by atoms with van der Waals surface area (Å²) in [6.45, 7) is 0.911. The van der Waals surface area contributed by atoms with Crippen LogP contribution in [-0.4, -0.2) is 44.1 Å². The summed E-state index contributed by atoms with van der Waals surface area (Å²) in [6, 6.07) is 0. The minimum absolute atomic E-state index is 0.